The molecule has 1 amide bonds. The van der Waals surface area contributed by atoms with Crippen LogP contribution in [0.15, 0.2) is 24.3 Å². The number of hydrogen-bond donors (Lipinski definition) is 1. The number of methoxy groups -OCH3 is 1. The normalized spacial score (nSPS) is 11.9. The average Bonchev–Trinajstić information content (AvgIpc) is 2.34. The number of alkyl halides is 1. The van der Waals surface area contributed by atoms with Crippen molar-refractivity contribution in [3.05, 3.63) is 29.8 Å². The minimum absolute atomic E-state index is 0.0790. The largest absolute Gasteiger partial charge is 0.496 e. The van der Waals surface area contributed by atoms with Gasteiger partial charge in [-0.15, -0.1) is 0 Å². The Balaban J connectivity index is 2.47. The van der Waals surface area contributed by atoms with E-state index >= 15 is 0 Å². The highest BCUT2D eigenvalue weighted by molar-refractivity contribution is 9.09. The lowest BCUT2D eigenvalue weighted by molar-refractivity contribution is 0.0950. The number of hydrogen-bond acceptors (Lipinski definition) is 2. The van der Waals surface area contributed by atoms with Crippen molar-refractivity contribution in [3.8, 4) is 5.75 Å². The van der Waals surface area contributed by atoms with E-state index in [-0.39, 0.29) is 5.91 Å². The molecule has 0 fully saturated rings. The summed E-state index contributed by atoms with van der Waals surface area (Å²) in [6, 6.07) is 7.23. The van der Waals surface area contributed by atoms with Crippen molar-refractivity contribution in [3.63, 3.8) is 0 Å². The van der Waals surface area contributed by atoms with Crippen LogP contribution in [0.3, 0.4) is 0 Å². The molecule has 94 valence electrons. The molecule has 4 heteroatoms. The van der Waals surface area contributed by atoms with E-state index in [1.807, 2.05) is 12.1 Å². The fourth-order valence-corrected chi connectivity index (χ4v) is 1.84. The lowest BCUT2D eigenvalue weighted by Crippen LogP contribution is -2.25. The Morgan fingerprint density at radius 2 is 2.18 bits per heavy atom. The van der Waals surface area contributed by atoms with E-state index in [2.05, 4.69) is 28.2 Å². The van der Waals surface area contributed by atoms with Gasteiger partial charge in [0.2, 0.25) is 0 Å². The Hall–Kier alpha value is -1.03. The third-order valence-electron chi connectivity index (χ3n) is 2.42. The van der Waals surface area contributed by atoms with Gasteiger partial charge in [0.15, 0.2) is 0 Å². The zero-order valence-electron chi connectivity index (χ0n) is 10.2. The maximum absolute atomic E-state index is 11.9. The third kappa shape index (κ3) is 4.77. The predicted molar refractivity (Wildman–Crippen MR) is 73.0 cm³/mol. The molecule has 1 atom stereocenters. The van der Waals surface area contributed by atoms with Gasteiger partial charge in [-0.2, -0.15) is 0 Å². The van der Waals surface area contributed by atoms with E-state index in [1.165, 1.54) is 0 Å². The summed E-state index contributed by atoms with van der Waals surface area (Å²) in [5.41, 5.74) is 0.585. The molecule has 0 aliphatic heterocycles. The van der Waals surface area contributed by atoms with Gasteiger partial charge in [-0.25, -0.2) is 0 Å². The number of rotatable bonds is 6. The molecule has 1 aromatic rings. The molecule has 0 saturated heterocycles. The summed E-state index contributed by atoms with van der Waals surface area (Å²) in [7, 11) is 1.57. The number of carbonyl (C=O) groups excluding carboxylic acids is 1. The quantitative estimate of drug-likeness (QED) is 0.648. The highest BCUT2D eigenvalue weighted by Crippen LogP contribution is 2.16. The summed E-state index contributed by atoms with van der Waals surface area (Å²) < 4.78 is 5.14. The molecule has 0 saturated carbocycles. The van der Waals surface area contributed by atoms with Crippen molar-refractivity contribution in [2.75, 3.05) is 13.7 Å². The molecule has 1 unspecified atom stereocenters. The van der Waals surface area contributed by atoms with Crippen molar-refractivity contribution in [2.24, 2.45) is 0 Å². The molecular weight excluding hydrogens is 282 g/mol. The second kappa shape index (κ2) is 7.33. The first-order valence-corrected chi connectivity index (χ1v) is 6.62. The summed E-state index contributed by atoms with van der Waals surface area (Å²) >= 11 is 3.48. The van der Waals surface area contributed by atoms with E-state index in [0.717, 1.165) is 12.8 Å². The van der Waals surface area contributed by atoms with Gasteiger partial charge in [0, 0.05) is 11.4 Å². The Kier molecular flexibility index (Phi) is 6.05. The maximum Gasteiger partial charge on any atom is 0.255 e. The van der Waals surface area contributed by atoms with Crippen molar-refractivity contribution >= 4 is 21.8 Å². The average molecular weight is 300 g/mol. The summed E-state index contributed by atoms with van der Waals surface area (Å²) in [6.07, 6.45) is 2.01. The van der Waals surface area contributed by atoms with E-state index in [1.54, 1.807) is 19.2 Å². The second-order valence-corrected chi connectivity index (χ2v) is 5.44. The van der Waals surface area contributed by atoms with Crippen LogP contribution in [0.5, 0.6) is 5.75 Å². The molecule has 0 aliphatic carbocycles. The number of amides is 1. The topological polar surface area (TPSA) is 38.3 Å². The molecule has 1 N–H and O–H groups in total. The standard InChI is InChI=1S/C13H18BrNO2/c1-10(14)6-5-9-15-13(16)11-7-3-4-8-12(11)17-2/h3-4,7-8,10H,5-6,9H2,1-2H3,(H,15,16). The van der Waals surface area contributed by atoms with Crippen LogP contribution in [0, 0.1) is 0 Å². The van der Waals surface area contributed by atoms with Crippen LogP contribution in [-0.4, -0.2) is 24.4 Å². The van der Waals surface area contributed by atoms with Crippen LogP contribution < -0.4 is 10.1 Å². The maximum atomic E-state index is 11.9. The van der Waals surface area contributed by atoms with E-state index in [9.17, 15) is 4.79 Å². The fourth-order valence-electron chi connectivity index (χ4n) is 1.51. The van der Waals surface area contributed by atoms with Gasteiger partial charge in [0.25, 0.3) is 5.91 Å². The van der Waals surface area contributed by atoms with Crippen molar-refractivity contribution in [1.29, 1.82) is 0 Å². The SMILES string of the molecule is COc1ccccc1C(=O)NCCCC(C)Br. The molecule has 0 radical (unpaired) electrons. The molecule has 0 aliphatic rings. The van der Waals surface area contributed by atoms with Crippen molar-refractivity contribution < 1.29 is 9.53 Å². The number of ether oxygens (including phenoxy) is 1. The van der Waals surface area contributed by atoms with Gasteiger partial charge in [-0.3, -0.25) is 4.79 Å². The van der Waals surface area contributed by atoms with E-state index in [0.29, 0.717) is 22.7 Å². The van der Waals surface area contributed by atoms with Crippen LogP contribution in [0.1, 0.15) is 30.1 Å². The lowest BCUT2D eigenvalue weighted by Gasteiger charge is -2.09. The van der Waals surface area contributed by atoms with Gasteiger partial charge in [-0.05, 0) is 25.0 Å². The Morgan fingerprint density at radius 1 is 1.47 bits per heavy atom. The van der Waals surface area contributed by atoms with Crippen LogP contribution in [0.25, 0.3) is 0 Å². The zero-order chi connectivity index (χ0) is 12.7. The molecule has 1 aromatic carbocycles. The minimum atomic E-state index is -0.0790. The number of benzene rings is 1. The minimum Gasteiger partial charge on any atom is -0.496 e. The Labute approximate surface area is 111 Å². The van der Waals surface area contributed by atoms with Crippen LogP contribution in [-0.2, 0) is 0 Å². The Morgan fingerprint density at radius 3 is 2.82 bits per heavy atom. The lowest BCUT2D eigenvalue weighted by atomic mass is 10.2. The second-order valence-electron chi connectivity index (χ2n) is 3.88. The highest BCUT2D eigenvalue weighted by Gasteiger charge is 2.10. The molecule has 0 spiro atoms. The highest BCUT2D eigenvalue weighted by atomic mass is 79.9. The molecule has 0 bridgehead atoms. The van der Waals surface area contributed by atoms with Gasteiger partial charge in [-0.1, -0.05) is 35.0 Å². The summed E-state index contributed by atoms with van der Waals surface area (Å²) in [5, 5.41) is 2.89. The molecule has 0 heterocycles. The number of para-hydroxylation sites is 1. The monoisotopic (exact) mass is 299 g/mol. The predicted octanol–water partition coefficient (Wildman–Crippen LogP) is 2.99. The number of halogens is 1. The van der Waals surface area contributed by atoms with Gasteiger partial charge >= 0.3 is 0 Å². The summed E-state index contributed by atoms with van der Waals surface area (Å²) in [6.45, 7) is 2.79. The van der Waals surface area contributed by atoms with Crippen LogP contribution >= 0.6 is 15.9 Å². The van der Waals surface area contributed by atoms with Crippen molar-refractivity contribution in [2.45, 2.75) is 24.6 Å². The third-order valence-corrected chi connectivity index (χ3v) is 2.87. The first kappa shape index (κ1) is 14.0. The van der Waals surface area contributed by atoms with E-state index < -0.39 is 0 Å². The first-order valence-electron chi connectivity index (χ1n) is 5.70. The molecule has 17 heavy (non-hydrogen) atoms. The molecule has 0 aromatic heterocycles. The van der Waals surface area contributed by atoms with Gasteiger partial charge in [0.05, 0.1) is 12.7 Å². The number of carbonyl (C=O) groups is 1. The first-order chi connectivity index (χ1) is 8.15. The Bertz CT molecular complexity index is 366. The van der Waals surface area contributed by atoms with Gasteiger partial charge < -0.3 is 10.1 Å². The zero-order valence-corrected chi connectivity index (χ0v) is 11.8. The van der Waals surface area contributed by atoms with Crippen LogP contribution in [0.2, 0.25) is 0 Å². The molecule has 3 nitrogen and oxygen atoms in total. The summed E-state index contributed by atoms with van der Waals surface area (Å²) in [5.74, 6) is 0.531. The van der Waals surface area contributed by atoms with Gasteiger partial charge in [0.1, 0.15) is 5.75 Å². The number of nitrogens with one attached hydrogen (secondary N) is 1. The fraction of sp³-hybridized carbons (Fsp3) is 0.462. The molecular formula is C13H18BrNO2. The van der Waals surface area contributed by atoms with Crippen LogP contribution in [0.4, 0.5) is 0 Å². The van der Waals surface area contributed by atoms with E-state index in [4.69, 9.17) is 4.74 Å². The smallest absolute Gasteiger partial charge is 0.255 e. The summed E-state index contributed by atoms with van der Waals surface area (Å²) in [4.78, 5) is 12.4. The molecule has 1 rings (SSSR count). The van der Waals surface area contributed by atoms with Crippen molar-refractivity contribution in [1.82, 2.24) is 5.32 Å².